The molecule has 0 bridgehead atoms. The molecule has 0 aliphatic carbocycles. The van der Waals surface area contributed by atoms with Crippen molar-refractivity contribution in [2.24, 2.45) is 10.8 Å². The SMILES string of the molecule is CC(C)(C)Cc1ccc(CC(C)(C)SC(=O)Cc2ccccc2CC(C)(C)C)cc1CC(=O)OC(C)(C)C. The van der Waals surface area contributed by atoms with E-state index in [1.165, 1.54) is 22.9 Å². The molecule has 0 spiro atoms. The summed E-state index contributed by atoms with van der Waals surface area (Å²) in [4.78, 5) is 25.9. The highest BCUT2D eigenvalue weighted by molar-refractivity contribution is 8.14. The monoisotopic (exact) mass is 538 g/mol. The van der Waals surface area contributed by atoms with Crippen LogP contribution < -0.4 is 0 Å². The van der Waals surface area contributed by atoms with E-state index in [9.17, 15) is 9.59 Å². The van der Waals surface area contributed by atoms with Crippen molar-refractivity contribution in [3.63, 3.8) is 0 Å². The van der Waals surface area contributed by atoms with Crippen LogP contribution in [0.5, 0.6) is 0 Å². The van der Waals surface area contributed by atoms with Crippen LogP contribution in [-0.4, -0.2) is 21.4 Å². The highest BCUT2D eigenvalue weighted by Gasteiger charge is 2.26. The minimum atomic E-state index is -0.511. The Labute approximate surface area is 236 Å². The molecule has 0 saturated carbocycles. The highest BCUT2D eigenvalue weighted by Crippen LogP contribution is 2.33. The molecule has 0 radical (unpaired) electrons. The molecule has 0 fully saturated rings. The molecule has 210 valence electrons. The van der Waals surface area contributed by atoms with Gasteiger partial charge < -0.3 is 4.74 Å². The lowest BCUT2D eigenvalue weighted by Gasteiger charge is -2.26. The third kappa shape index (κ3) is 12.2. The number of hydrogen-bond donors (Lipinski definition) is 0. The molecule has 2 rings (SSSR count). The number of esters is 1. The zero-order chi connectivity index (χ0) is 28.9. The van der Waals surface area contributed by atoms with Gasteiger partial charge in [-0.05, 0) is 92.5 Å². The smallest absolute Gasteiger partial charge is 0.310 e. The first kappa shape index (κ1) is 32.1. The Hall–Kier alpha value is -2.07. The summed E-state index contributed by atoms with van der Waals surface area (Å²) in [6.45, 7) is 23.3. The largest absolute Gasteiger partial charge is 0.460 e. The fourth-order valence-corrected chi connectivity index (χ4v) is 5.81. The van der Waals surface area contributed by atoms with E-state index >= 15 is 0 Å². The first-order valence-corrected chi connectivity index (χ1v) is 14.6. The number of rotatable bonds is 9. The molecule has 0 atom stereocenters. The molecule has 4 heteroatoms. The Balaban J connectivity index is 2.19. The number of benzene rings is 2. The van der Waals surface area contributed by atoms with E-state index < -0.39 is 5.60 Å². The summed E-state index contributed by atoms with van der Waals surface area (Å²) >= 11 is 1.43. The van der Waals surface area contributed by atoms with Crippen molar-refractivity contribution in [2.45, 2.75) is 119 Å². The summed E-state index contributed by atoms with van der Waals surface area (Å²) in [7, 11) is 0. The fraction of sp³-hybridized carbons (Fsp3) is 0.588. The van der Waals surface area contributed by atoms with Gasteiger partial charge in [-0.2, -0.15) is 0 Å². The molecule has 2 aromatic rings. The Morgan fingerprint density at radius 3 is 1.71 bits per heavy atom. The third-order valence-corrected chi connectivity index (χ3v) is 7.01. The van der Waals surface area contributed by atoms with Crippen molar-refractivity contribution in [1.82, 2.24) is 0 Å². The molecule has 0 N–H and O–H groups in total. The molecule has 0 aliphatic rings. The number of hydrogen-bond acceptors (Lipinski definition) is 4. The van der Waals surface area contributed by atoms with Gasteiger partial charge in [0.25, 0.3) is 0 Å². The Morgan fingerprint density at radius 2 is 1.18 bits per heavy atom. The molecule has 0 aliphatic heterocycles. The summed E-state index contributed by atoms with van der Waals surface area (Å²) < 4.78 is 5.36. The van der Waals surface area contributed by atoms with Crippen LogP contribution in [0.2, 0.25) is 0 Å². The normalized spacial score (nSPS) is 12.9. The van der Waals surface area contributed by atoms with Crippen LogP contribution in [0, 0.1) is 10.8 Å². The van der Waals surface area contributed by atoms with Gasteiger partial charge in [0, 0.05) is 11.2 Å². The average molecular weight is 539 g/mol. The van der Waals surface area contributed by atoms with Gasteiger partial charge in [0.15, 0.2) is 5.12 Å². The minimum Gasteiger partial charge on any atom is -0.460 e. The van der Waals surface area contributed by atoms with Crippen LogP contribution in [0.4, 0.5) is 0 Å². The lowest BCUT2D eigenvalue weighted by atomic mass is 9.84. The predicted molar refractivity (Wildman–Crippen MR) is 163 cm³/mol. The first-order chi connectivity index (χ1) is 17.2. The zero-order valence-electron chi connectivity index (χ0n) is 25.7. The maximum atomic E-state index is 13.2. The van der Waals surface area contributed by atoms with E-state index in [1.807, 2.05) is 26.8 Å². The van der Waals surface area contributed by atoms with Gasteiger partial charge in [0.1, 0.15) is 5.60 Å². The molecule has 0 saturated heterocycles. The van der Waals surface area contributed by atoms with Crippen LogP contribution in [0.1, 0.15) is 104 Å². The highest BCUT2D eigenvalue weighted by atomic mass is 32.2. The van der Waals surface area contributed by atoms with E-state index in [-0.39, 0.29) is 33.1 Å². The van der Waals surface area contributed by atoms with Gasteiger partial charge in [-0.1, -0.05) is 95.8 Å². The summed E-state index contributed by atoms with van der Waals surface area (Å²) in [6.07, 6.45) is 3.27. The van der Waals surface area contributed by atoms with Crippen molar-refractivity contribution in [2.75, 3.05) is 0 Å². The topological polar surface area (TPSA) is 43.4 Å². The van der Waals surface area contributed by atoms with Crippen LogP contribution >= 0.6 is 11.8 Å². The van der Waals surface area contributed by atoms with E-state index in [0.717, 1.165) is 36.0 Å². The minimum absolute atomic E-state index is 0.106. The fourth-order valence-electron chi connectivity index (χ4n) is 4.73. The Morgan fingerprint density at radius 1 is 0.658 bits per heavy atom. The number of ether oxygens (including phenoxy) is 1. The second-order valence-corrected chi connectivity index (χ2v) is 16.5. The van der Waals surface area contributed by atoms with Gasteiger partial charge in [0.05, 0.1) is 6.42 Å². The number of carbonyl (C=O) groups excluding carboxylic acids is 2. The van der Waals surface area contributed by atoms with E-state index in [1.54, 1.807) is 0 Å². The molecule has 2 aromatic carbocycles. The van der Waals surface area contributed by atoms with E-state index in [4.69, 9.17) is 4.74 Å². The van der Waals surface area contributed by atoms with Gasteiger partial charge >= 0.3 is 5.97 Å². The predicted octanol–water partition coefficient (Wildman–Crippen LogP) is 8.57. The summed E-state index contributed by atoms with van der Waals surface area (Å²) in [5, 5.41) is 0.190. The van der Waals surface area contributed by atoms with Crippen LogP contribution in [0.15, 0.2) is 42.5 Å². The van der Waals surface area contributed by atoms with Gasteiger partial charge in [-0.3, -0.25) is 9.59 Å². The lowest BCUT2D eigenvalue weighted by Crippen LogP contribution is -2.25. The molecule has 38 heavy (non-hydrogen) atoms. The van der Waals surface area contributed by atoms with Crippen LogP contribution in [-0.2, 0) is 46.4 Å². The number of thioether (sulfide) groups is 1. The van der Waals surface area contributed by atoms with Gasteiger partial charge in [-0.25, -0.2) is 0 Å². The van der Waals surface area contributed by atoms with Crippen molar-refractivity contribution in [3.8, 4) is 0 Å². The molecule has 0 amide bonds. The maximum absolute atomic E-state index is 13.2. The summed E-state index contributed by atoms with van der Waals surface area (Å²) in [6, 6.07) is 14.8. The number of carbonyl (C=O) groups is 2. The van der Waals surface area contributed by atoms with Crippen molar-refractivity contribution >= 4 is 22.8 Å². The molecular formula is C34H50O3S. The second kappa shape index (κ2) is 12.4. The quantitative estimate of drug-likeness (QED) is 0.300. The van der Waals surface area contributed by atoms with Crippen molar-refractivity contribution < 1.29 is 14.3 Å². The Kier molecular flexibility index (Phi) is 10.5. The second-order valence-electron chi connectivity index (χ2n) is 14.7. The zero-order valence-corrected chi connectivity index (χ0v) is 26.5. The van der Waals surface area contributed by atoms with Crippen LogP contribution in [0.3, 0.4) is 0 Å². The average Bonchev–Trinajstić information content (AvgIpc) is 2.67. The summed E-state index contributed by atoms with van der Waals surface area (Å²) in [5.41, 5.74) is 5.49. The van der Waals surface area contributed by atoms with Crippen molar-refractivity contribution in [1.29, 1.82) is 0 Å². The molecular weight excluding hydrogens is 488 g/mol. The molecule has 0 unspecified atom stereocenters. The Bertz CT molecular complexity index is 1110. The van der Waals surface area contributed by atoms with E-state index in [0.29, 0.717) is 6.42 Å². The molecule has 3 nitrogen and oxygen atoms in total. The first-order valence-electron chi connectivity index (χ1n) is 13.8. The molecule has 0 aromatic heterocycles. The lowest BCUT2D eigenvalue weighted by molar-refractivity contribution is -0.153. The van der Waals surface area contributed by atoms with Gasteiger partial charge in [0.2, 0.25) is 0 Å². The van der Waals surface area contributed by atoms with Crippen molar-refractivity contribution in [3.05, 3.63) is 70.3 Å². The third-order valence-electron chi connectivity index (χ3n) is 5.94. The molecule has 0 heterocycles. The standard InChI is InChI=1S/C34H50O3S/c1-31(2,3)22-26-15-13-12-14-25(26)20-30(36)38-34(10,11)21-24-16-17-27(23-32(4,5)6)28(18-24)19-29(35)37-33(7,8)9/h12-18H,19-23H2,1-11H3. The van der Waals surface area contributed by atoms with Crippen LogP contribution in [0.25, 0.3) is 0 Å². The maximum Gasteiger partial charge on any atom is 0.310 e. The van der Waals surface area contributed by atoms with Gasteiger partial charge in [-0.15, -0.1) is 0 Å². The summed E-state index contributed by atoms with van der Waals surface area (Å²) in [5.74, 6) is -0.206. The van der Waals surface area contributed by atoms with E-state index in [2.05, 4.69) is 91.8 Å².